The quantitative estimate of drug-likeness (QED) is 0.412. The summed E-state index contributed by atoms with van der Waals surface area (Å²) in [4.78, 5) is 0. The van der Waals surface area contributed by atoms with Crippen molar-refractivity contribution in [3.63, 3.8) is 0 Å². The minimum atomic E-state index is 0. The molecule has 0 aromatic carbocycles. The second-order valence-corrected chi connectivity index (χ2v) is 1.77. The van der Waals surface area contributed by atoms with E-state index >= 15 is 0 Å². The fourth-order valence-electron chi connectivity index (χ4n) is 0.884. The van der Waals surface area contributed by atoms with Crippen LogP contribution in [0.4, 0.5) is 0 Å². The maximum absolute atomic E-state index is 1.50. The lowest BCUT2D eigenvalue weighted by atomic mass is 10.4. The molecule has 0 aromatic rings. The van der Waals surface area contributed by atoms with Crippen LogP contribution in [0.25, 0.3) is 0 Å². The van der Waals surface area contributed by atoms with Gasteiger partial charge in [-0.25, -0.2) is 0 Å². The van der Waals surface area contributed by atoms with E-state index in [0.717, 1.165) is 0 Å². The second kappa shape index (κ2) is 3.61. The van der Waals surface area contributed by atoms with Crippen LogP contribution in [0.2, 0.25) is 0 Å². The molecule has 0 heterocycles. The summed E-state index contributed by atoms with van der Waals surface area (Å²) >= 11 is 0. The van der Waals surface area contributed by atoms with Crippen LogP contribution in [-0.4, -0.2) is 0 Å². The molecule has 1 atom stereocenters. The first-order valence-corrected chi connectivity index (χ1v) is 2.50. The van der Waals surface area contributed by atoms with Gasteiger partial charge in [-0.1, -0.05) is 32.1 Å². The van der Waals surface area contributed by atoms with Crippen molar-refractivity contribution in [1.29, 1.82) is 0 Å². The molecule has 0 radical (unpaired) electrons. The first kappa shape index (κ1) is 6.43. The first-order valence-electron chi connectivity index (χ1n) is 2.50. The largest absolute Gasteiger partial charge is 0.153 e. The fourth-order valence-corrected chi connectivity index (χ4v) is 0.884. The molecule has 1 aliphatic rings. The van der Waals surface area contributed by atoms with Gasteiger partial charge in [-0.15, -0.1) is 0 Å². The molecule has 1 aliphatic carbocycles. The highest BCUT2D eigenvalue weighted by molar-refractivity contribution is 6.92. The van der Waals surface area contributed by atoms with Crippen LogP contribution in [0.5, 0.6) is 0 Å². The Morgan fingerprint density at radius 2 is 0.667 bits per heavy atom. The van der Waals surface area contributed by atoms with Gasteiger partial charge in [0.1, 0.15) is 0 Å². The average Bonchev–Trinajstić information content (AvgIpc) is 1.76. The standard InChI is InChI=1S/C5H10.H3P/c1-2-4-5-3-1;/h1-5H2;1H3. The maximum atomic E-state index is 1.50. The minimum absolute atomic E-state index is 0. The topological polar surface area (TPSA) is 0 Å². The molecular weight excluding hydrogens is 91.0 g/mol. The molecule has 0 aromatic heterocycles. The zero-order valence-electron chi connectivity index (χ0n) is 4.24. The molecule has 0 saturated heterocycles. The summed E-state index contributed by atoms with van der Waals surface area (Å²) in [6.07, 6.45) is 7.50. The third kappa shape index (κ3) is 1.77. The van der Waals surface area contributed by atoms with E-state index in [1.54, 1.807) is 0 Å². The Balaban J connectivity index is 0.000000250. The average molecular weight is 104 g/mol. The lowest BCUT2D eigenvalue weighted by Crippen LogP contribution is -1.47. The van der Waals surface area contributed by atoms with Crippen LogP contribution < -0.4 is 0 Å². The van der Waals surface area contributed by atoms with E-state index in [-0.39, 0.29) is 9.90 Å². The van der Waals surface area contributed by atoms with Crippen molar-refractivity contribution in [3.05, 3.63) is 0 Å². The molecule has 1 fully saturated rings. The van der Waals surface area contributed by atoms with Crippen molar-refractivity contribution in [1.82, 2.24) is 0 Å². The number of hydrogen-bond donors (Lipinski definition) is 0. The van der Waals surface area contributed by atoms with Crippen LogP contribution >= 0.6 is 9.90 Å². The number of hydrogen-bond acceptors (Lipinski definition) is 0. The summed E-state index contributed by atoms with van der Waals surface area (Å²) in [5.41, 5.74) is 0. The van der Waals surface area contributed by atoms with Crippen molar-refractivity contribution >= 4 is 9.90 Å². The molecule has 0 N–H and O–H groups in total. The Labute approximate surface area is 42.9 Å². The Morgan fingerprint density at radius 3 is 0.833 bits per heavy atom. The molecule has 0 spiro atoms. The van der Waals surface area contributed by atoms with Gasteiger partial charge in [0.05, 0.1) is 0 Å². The van der Waals surface area contributed by atoms with Gasteiger partial charge in [-0.3, -0.25) is 0 Å². The van der Waals surface area contributed by atoms with Gasteiger partial charge in [0.2, 0.25) is 0 Å². The van der Waals surface area contributed by atoms with E-state index in [0.29, 0.717) is 0 Å². The molecule has 0 aliphatic heterocycles. The van der Waals surface area contributed by atoms with Gasteiger partial charge in [0.15, 0.2) is 0 Å². The predicted molar refractivity (Wildman–Crippen MR) is 34.2 cm³/mol. The third-order valence-corrected chi connectivity index (χ3v) is 1.25. The van der Waals surface area contributed by atoms with Crippen LogP contribution in [0.15, 0.2) is 0 Å². The van der Waals surface area contributed by atoms with E-state index in [1.807, 2.05) is 0 Å². The molecule has 1 saturated carbocycles. The molecular formula is C5H13P. The summed E-state index contributed by atoms with van der Waals surface area (Å²) in [6.45, 7) is 0. The molecule has 38 valence electrons. The molecule has 6 heavy (non-hydrogen) atoms. The van der Waals surface area contributed by atoms with Crippen molar-refractivity contribution in [2.45, 2.75) is 32.1 Å². The van der Waals surface area contributed by atoms with E-state index < -0.39 is 0 Å². The number of rotatable bonds is 0. The zero-order chi connectivity index (χ0) is 3.54. The van der Waals surface area contributed by atoms with Crippen LogP contribution in [0.3, 0.4) is 0 Å². The summed E-state index contributed by atoms with van der Waals surface area (Å²) in [7, 11) is 0. The molecule has 1 rings (SSSR count). The monoisotopic (exact) mass is 104 g/mol. The first-order chi connectivity index (χ1) is 2.50. The van der Waals surface area contributed by atoms with Gasteiger partial charge in [-0.2, -0.15) is 9.90 Å². The van der Waals surface area contributed by atoms with E-state index in [1.165, 1.54) is 32.1 Å². The molecule has 1 unspecified atom stereocenters. The molecule has 0 amide bonds. The summed E-state index contributed by atoms with van der Waals surface area (Å²) < 4.78 is 0. The van der Waals surface area contributed by atoms with Crippen LogP contribution in [-0.2, 0) is 0 Å². The highest BCUT2D eigenvalue weighted by atomic mass is 31.0. The SMILES string of the molecule is C1CCCC1.P. The van der Waals surface area contributed by atoms with E-state index in [2.05, 4.69) is 0 Å². The Hall–Kier alpha value is 0.430. The van der Waals surface area contributed by atoms with Gasteiger partial charge in [0.25, 0.3) is 0 Å². The van der Waals surface area contributed by atoms with E-state index in [4.69, 9.17) is 0 Å². The van der Waals surface area contributed by atoms with Gasteiger partial charge < -0.3 is 0 Å². The Kier molecular flexibility index (Phi) is 3.87. The van der Waals surface area contributed by atoms with Gasteiger partial charge in [0, 0.05) is 0 Å². The van der Waals surface area contributed by atoms with Crippen molar-refractivity contribution in [2.24, 2.45) is 0 Å². The molecule has 0 nitrogen and oxygen atoms in total. The summed E-state index contributed by atoms with van der Waals surface area (Å²) in [6, 6.07) is 0. The molecule has 0 bridgehead atoms. The van der Waals surface area contributed by atoms with Gasteiger partial charge >= 0.3 is 0 Å². The predicted octanol–water partition coefficient (Wildman–Crippen LogP) is 2.01. The lowest BCUT2D eigenvalue weighted by Gasteiger charge is -1.67. The zero-order valence-corrected chi connectivity index (χ0v) is 5.66. The van der Waals surface area contributed by atoms with Gasteiger partial charge in [-0.05, 0) is 0 Å². The smallest absolute Gasteiger partial charge is 0.0533 e. The van der Waals surface area contributed by atoms with E-state index in [9.17, 15) is 0 Å². The fraction of sp³-hybridized carbons (Fsp3) is 1.00. The summed E-state index contributed by atoms with van der Waals surface area (Å²) in [5, 5.41) is 0. The Morgan fingerprint density at radius 1 is 0.500 bits per heavy atom. The maximum Gasteiger partial charge on any atom is -0.0533 e. The summed E-state index contributed by atoms with van der Waals surface area (Å²) in [5.74, 6) is 0. The lowest BCUT2D eigenvalue weighted by molar-refractivity contribution is 0.886. The minimum Gasteiger partial charge on any atom is -0.153 e. The third-order valence-electron chi connectivity index (χ3n) is 1.25. The highest BCUT2D eigenvalue weighted by Gasteiger charge is 1.95. The van der Waals surface area contributed by atoms with Crippen molar-refractivity contribution in [2.75, 3.05) is 0 Å². The van der Waals surface area contributed by atoms with Crippen LogP contribution in [0.1, 0.15) is 32.1 Å². The van der Waals surface area contributed by atoms with Crippen LogP contribution in [0, 0.1) is 0 Å². The highest BCUT2D eigenvalue weighted by Crippen LogP contribution is 2.15. The molecule has 1 heteroatoms. The second-order valence-electron chi connectivity index (χ2n) is 1.77. The normalized spacial score (nSPS) is 20.0. The van der Waals surface area contributed by atoms with Crippen molar-refractivity contribution in [3.8, 4) is 0 Å². The van der Waals surface area contributed by atoms with Crippen molar-refractivity contribution < 1.29 is 0 Å². The Bertz CT molecular complexity index is 15.5.